The molecule has 1 amide bonds. The Morgan fingerprint density at radius 1 is 1.32 bits per heavy atom. The zero-order chi connectivity index (χ0) is 15.6. The number of hydrogen-bond donors (Lipinski definition) is 1. The molecule has 3 heterocycles. The van der Waals surface area contributed by atoms with Crippen LogP contribution in [0, 0.1) is 0 Å². The van der Waals surface area contributed by atoms with Crippen molar-refractivity contribution in [2.45, 2.75) is 31.8 Å². The molecule has 1 fully saturated rings. The molecule has 1 N–H and O–H groups in total. The zero-order valence-electron chi connectivity index (χ0n) is 13.1. The Bertz CT molecular complexity index is 574. The van der Waals surface area contributed by atoms with Crippen LogP contribution < -0.4 is 10.2 Å². The predicted octanol–water partition coefficient (Wildman–Crippen LogP) is 1.54. The van der Waals surface area contributed by atoms with Gasteiger partial charge in [-0.2, -0.15) is 0 Å². The maximum absolute atomic E-state index is 11.5. The molecule has 3 rings (SSSR count). The summed E-state index contributed by atoms with van der Waals surface area (Å²) < 4.78 is 6.03. The number of nitrogens with zero attached hydrogens (tertiary/aromatic N) is 3. The minimum absolute atomic E-state index is 0.0890. The summed E-state index contributed by atoms with van der Waals surface area (Å²) in [6.07, 6.45) is 5.26. The molecule has 6 nitrogen and oxygen atoms in total. The number of nitrogens with one attached hydrogen (secondary N) is 1. The highest BCUT2D eigenvalue weighted by molar-refractivity contribution is 5.91. The smallest absolute Gasteiger partial charge is 0.271 e. The number of hydrogen-bond acceptors (Lipinski definition) is 5. The van der Waals surface area contributed by atoms with Crippen LogP contribution in [0.2, 0.25) is 0 Å². The summed E-state index contributed by atoms with van der Waals surface area (Å²) in [5.41, 5.74) is 1.68. The Hall–Kier alpha value is -1.95. The van der Waals surface area contributed by atoms with Crippen molar-refractivity contribution in [2.75, 3.05) is 31.6 Å². The first-order valence-corrected chi connectivity index (χ1v) is 7.75. The van der Waals surface area contributed by atoms with E-state index < -0.39 is 0 Å². The molecular formula is C16H22N4O2. The normalized spacial score (nSPS) is 20.6. The molecule has 0 bridgehead atoms. The van der Waals surface area contributed by atoms with Crippen LogP contribution in [0.4, 0.5) is 5.82 Å². The van der Waals surface area contributed by atoms with Crippen LogP contribution in [-0.2, 0) is 4.74 Å². The van der Waals surface area contributed by atoms with Gasteiger partial charge in [0.05, 0.1) is 12.2 Å². The maximum Gasteiger partial charge on any atom is 0.271 e. The molecule has 0 radical (unpaired) electrons. The Labute approximate surface area is 130 Å². The minimum Gasteiger partial charge on any atom is -0.370 e. The van der Waals surface area contributed by atoms with Crippen LogP contribution in [0.1, 0.15) is 36.7 Å². The second-order valence-corrected chi connectivity index (χ2v) is 6.00. The quantitative estimate of drug-likeness (QED) is 0.839. The Balaban J connectivity index is 1.66. The number of carbonyl (C=O) groups is 1. The van der Waals surface area contributed by atoms with E-state index in [1.165, 1.54) is 5.57 Å². The summed E-state index contributed by atoms with van der Waals surface area (Å²) in [6.45, 7) is 4.78. The van der Waals surface area contributed by atoms with E-state index in [1.807, 2.05) is 6.07 Å². The highest BCUT2D eigenvalue weighted by atomic mass is 16.5. The molecule has 0 aromatic carbocycles. The Morgan fingerprint density at radius 2 is 2.09 bits per heavy atom. The molecule has 1 aromatic heterocycles. The fraction of sp³-hybridized carbons (Fsp3) is 0.562. The molecule has 6 heteroatoms. The van der Waals surface area contributed by atoms with Crippen molar-refractivity contribution in [1.82, 2.24) is 15.5 Å². The molecule has 22 heavy (non-hydrogen) atoms. The monoisotopic (exact) mass is 302 g/mol. The van der Waals surface area contributed by atoms with Crippen molar-refractivity contribution >= 4 is 11.7 Å². The van der Waals surface area contributed by atoms with Crippen LogP contribution >= 0.6 is 0 Å². The lowest BCUT2D eigenvalue weighted by Crippen LogP contribution is -2.46. The molecule has 0 atom stereocenters. The first-order chi connectivity index (χ1) is 10.6. The topological polar surface area (TPSA) is 67.4 Å². The number of ether oxygens (including phenoxy) is 1. The zero-order valence-corrected chi connectivity index (χ0v) is 13.1. The fourth-order valence-corrected chi connectivity index (χ4v) is 3.12. The summed E-state index contributed by atoms with van der Waals surface area (Å²) in [4.78, 5) is 13.7. The van der Waals surface area contributed by atoms with E-state index >= 15 is 0 Å². The van der Waals surface area contributed by atoms with Crippen molar-refractivity contribution in [2.24, 2.45) is 0 Å². The third kappa shape index (κ3) is 2.97. The molecule has 0 aliphatic carbocycles. The number of anilines is 1. The van der Waals surface area contributed by atoms with Gasteiger partial charge in [-0.15, -0.1) is 10.2 Å². The highest BCUT2D eigenvalue weighted by Crippen LogP contribution is 2.33. The molecule has 118 valence electrons. The van der Waals surface area contributed by atoms with Crippen LogP contribution in [0.25, 0.3) is 0 Å². The van der Waals surface area contributed by atoms with Crippen LogP contribution in [0.15, 0.2) is 23.8 Å². The van der Waals surface area contributed by atoms with Gasteiger partial charge in [-0.25, -0.2) is 0 Å². The summed E-state index contributed by atoms with van der Waals surface area (Å²) in [5.74, 6) is 0.604. The Morgan fingerprint density at radius 3 is 2.68 bits per heavy atom. The van der Waals surface area contributed by atoms with Gasteiger partial charge in [-0.1, -0.05) is 11.6 Å². The van der Waals surface area contributed by atoms with Crippen LogP contribution in [-0.4, -0.2) is 48.4 Å². The number of aromatic nitrogens is 2. The molecular weight excluding hydrogens is 280 g/mol. The number of carbonyl (C=O) groups excluding carboxylic acids is 1. The van der Waals surface area contributed by atoms with Gasteiger partial charge in [0.15, 0.2) is 11.5 Å². The lowest BCUT2D eigenvalue weighted by molar-refractivity contribution is -0.0326. The van der Waals surface area contributed by atoms with Crippen molar-refractivity contribution in [1.29, 1.82) is 0 Å². The van der Waals surface area contributed by atoms with Gasteiger partial charge in [0.25, 0.3) is 5.91 Å². The number of amides is 1. The van der Waals surface area contributed by atoms with E-state index in [-0.39, 0.29) is 11.5 Å². The SMILES string of the molecule is CNC(=O)c1ccc(N2CCC3(C=C(C)CCO3)CC2)nn1. The first-order valence-electron chi connectivity index (χ1n) is 7.75. The summed E-state index contributed by atoms with van der Waals surface area (Å²) in [6, 6.07) is 3.57. The molecule has 0 unspecified atom stereocenters. The Kier molecular flexibility index (Phi) is 4.11. The van der Waals surface area contributed by atoms with Gasteiger partial charge in [0, 0.05) is 20.1 Å². The predicted molar refractivity (Wildman–Crippen MR) is 83.9 cm³/mol. The molecule has 2 aliphatic heterocycles. The number of rotatable bonds is 2. The third-order valence-corrected chi connectivity index (χ3v) is 4.44. The van der Waals surface area contributed by atoms with Crippen molar-refractivity contribution in [3.63, 3.8) is 0 Å². The fourth-order valence-electron chi connectivity index (χ4n) is 3.12. The van der Waals surface area contributed by atoms with E-state index in [2.05, 4.69) is 33.4 Å². The van der Waals surface area contributed by atoms with E-state index in [1.54, 1.807) is 13.1 Å². The second kappa shape index (κ2) is 6.04. The van der Waals surface area contributed by atoms with E-state index in [0.29, 0.717) is 5.69 Å². The van der Waals surface area contributed by atoms with Gasteiger partial charge in [0.2, 0.25) is 0 Å². The minimum atomic E-state index is -0.215. The van der Waals surface area contributed by atoms with E-state index in [0.717, 1.165) is 44.8 Å². The third-order valence-electron chi connectivity index (χ3n) is 4.44. The van der Waals surface area contributed by atoms with Gasteiger partial charge >= 0.3 is 0 Å². The average molecular weight is 302 g/mol. The first kappa shape index (κ1) is 15.0. The van der Waals surface area contributed by atoms with Crippen LogP contribution in [0.5, 0.6) is 0 Å². The van der Waals surface area contributed by atoms with Crippen molar-refractivity contribution in [3.8, 4) is 0 Å². The molecule has 2 aliphatic rings. The van der Waals surface area contributed by atoms with Gasteiger partial charge < -0.3 is 15.0 Å². The summed E-state index contributed by atoms with van der Waals surface area (Å²) >= 11 is 0. The van der Waals surface area contributed by atoms with E-state index in [9.17, 15) is 4.79 Å². The molecule has 1 aromatic rings. The van der Waals surface area contributed by atoms with Crippen molar-refractivity contribution < 1.29 is 9.53 Å². The molecule has 1 saturated heterocycles. The van der Waals surface area contributed by atoms with E-state index in [4.69, 9.17) is 4.74 Å². The summed E-state index contributed by atoms with van der Waals surface area (Å²) in [7, 11) is 1.59. The van der Waals surface area contributed by atoms with Crippen LogP contribution in [0.3, 0.4) is 0 Å². The van der Waals surface area contributed by atoms with Crippen molar-refractivity contribution in [3.05, 3.63) is 29.5 Å². The largest absolute Gasteiger partial charge is 0.370 e. The number of piperidine rings is 1. The summed E-state index contributed by atoms with van der Waals surface area (Å²) in [5, 5.41) is 10.7. The lowest BCUT2D eigenvalue weighted by atomic mass is 9.87. The molecule has 0 saturated carbocycles. The standard InChI is InChI=1S/C16H22N4O2/c1-12-5-10-22-16(11-12)6-8-20(9-7-16)14-4-3-13(18-19-14)15(21)17-2/h3-4,11H,5-10H2,1-2H3,(H,17,21). The lowest BCUT2D eigenvalue weighted by Gasteiger charge is -2.42. The van der Waals surface area contributed by atoms with Gasteiger partial charge in [-0.3, -0.25) is 4.79 Å². The van der Waals surface area contributed by atoms with Gasteiger partial charge in [-0.05, 0) is 38.3 Å². The molecule has 1 spiro atoms. The average Bonchev–Trinajstić information content (AvgIpc) is 2.55. The second-order valence-electron chi connectivity index (χ2n) is 6.00. The maximum atomic E-state index is 11.5. The highest BCUT2D eigenvalue weighted by Gasteiger charge is 2.35. The van der Waals surface area contributed by atoms with Gasteiger partial charge in [0.1, 0.15) is 0 Å².